The van der Waals surface area contributed by atoms with E-state index in [1.54, 1.807) is 0 Å². The minimum Gasteiger partial charge on any atom is -0.395 e. The third kappa shape index (κ3) is 3.49. The number of carbonyl (C=O) groups is 2. The van der Waals surface area contributed by atoms with Crippen LogP contribution >= 0.6 is 0 Å². The predicted octanol–water partition coefficient (Wildman–Crippen LogP) is 0.713. The summed E-state index contributed by atoms with van der Waals surface area (Å²) in [7, 11) is 1.54. The molecule has 7 heteroatoms. The molecule has 1 aromatic rings. The van der Waals surface area contributed by atoms with Gasteiger partial charge in [0.1, 0.15) is 0 Å². The number of H-pyrrole nitrogens is 1. The number of hydrogen-bond acceptors (Lipinski definition) is 4. The van der Waals surface area contributed by atoms with Gasteiger partial charge in [-0.25, -0.2) is 0 Å². The highest BCUT2D eigenvalue weighted by Gasteiger charge is 2.24. The molecule has 1 rings (SSSR count). The first kappa shape index (κ1) is 16.0. The standard InChI is InChI=1S/C13H23N5O2/c1-5-6-18(7-9(19)15-4)13(20)12-10(14)11(8(2)3)16-17-12/h8H,5-7,14H2,1-4H3,(H,15,19)(H,16,17). The fourth-order valence-electron chi connectivity index (χ4n) is 1.89. The third-order valence-electron chi connectivity index (χ3n) is 3.01. The number of nitrogen functional groups attached to an aromatic ring is 1. The van der Waals surface area contributed by atoms with Crippen LogP contribution in [0.5, 0.6) is 0 Å². The van der Waals surface area contributed by atoms with Crippen molar-refractivity contribution in [3.8, 4) is 0 Å². The highest BCUT2D eigenvalue weighted by atomic mass is 16.2. The summed E-state index contributed by atoms with van der Waals surface area (Å²) >= 11 is 0. The molecule has 0 fully saturated rings. The number of amides is 2. The van der Waals surface area contributed by atoms with Crippen LogP contribution in [0.15, 0.2) is 0 Å². The SMILES string of the molecule is CCCN(CC(=O)NC)C(=O)c1n[nH]c(C(C)C)c1N. The fraction of sp³-hybridized carbons (Fsp3) is 0.615. The molecule has 4 N–H and O–H groups in total. The van der Waals surface area contributed by atoms with Crippen LogP contribution < -0.4 is 11.1 Å². The van der Waals surface area contributed by atoms with Crippen LogP contribution in [0, 0.1) is 0 Å². The second kappa shape index (κ2) is 6.93. The molecule has 0 saturated carbocycles. The minimum atomic E-state index is -0.323. The molecular weight excluding hydrogens is 258 g/mol. The average molecular weight is 281 g/mol. The second-order valence-corrected chi connectivity index (χ2v) is 4.95. The van der Waals surface area contributed by atoms with Crippen LogP contribution in [0.1, 0.15) is 49.3 Å². The Balaban J connectivity index is 2.97. The lowest BCUT2D eigenvalue weighted by Gasteiger charge is -2.20. The van der Waals surface area contributed by atoms with E-state index in [9.17, 15) is 9.59 Å². The predicted molar refractivity (Wildman–Crippen MR) is 77.4 cm³/mol. The summed E-state index contributed by atoms with van der Waals surface area (Å²) in [5, 5.41) is 9.30. The van der Waals surface area contributed by atoms with Gasteiger partial charge in [-0.2, -0.15) is 5.10 Å². The lowest BCUT2D eigenvalue weighted by Crippen LogP contribution is -2.40. The number of nitrogens with zero attached hydrogens (tertiary/aromatic N) is 2. The van der Waals surface area contributed by atoms with E-state index in [0.717, 1.165) is 12.1 Å². The summed E-state index contributed by atoms with van der Waals surface area (Å²) in [6, 6.07) is 0. The molecule has 0 radical (unpaired) electrons. The van der Waals surface area contributed by atoms with E-state index in [4.69, 9.17) is 5.73 Å². The number of anilines is 1. The molecule has 1 aromatic heterocycles. The Hall–Kier alpha value is -2.05. The van der Waals surface area contributed by atoms with E-state index < -0.39 is 0 Å². The third-order valence-corrected chi connectivity index (χ3v) is 3.01. The molecule has 0 unspecified atom stereocenters. The zero-order chi connectivity index (χ0) is 15.3. The van der Waals surface area contributed by atoms with Crippen molar-refractivity contribution >= 4 is 17.5 Å². The van der Waals surface area contributed by atoms with Gasteiger partial charge < -0.3 is 16.0 Å². The Morgan fingerprint density at radius 2 is 2.10 bits per heavy atom. The number of nitrogens with two attached hydrogens (primary N) is 1. The summed E-state index contributed by atoms with van der Waals surface area (Å²) in [4.78, 5) is 25.3. The van der Waals surface area contributed by atoms with Crippen molar-refractivity contribution in [1.29, 1.82) is 0 Å². The molecule has 0 bridgehead atoms. The lowest BCUT2D eigenvalue weighted by atomic mass is 10.1. The van der Waals surface area contributed by atoms with Crippen molar-refractivity contribution in [3.63, 3.8) is 0 Å². The monoisotopic (exact) mass is 281 g/mol. The number of aromatic nitrogens is 2. The molecule has 112 valence electrons. The first-order valence-electron chi connectivity index (χ1n) is 6.75. The smallest absolute Gasteiger partial charge is 0.276 e. The van der Waals surface area contributed by atoms with Gasteiger partial charge in [0.05, 0.1) is 17.9 Å². The number of hydrogen-bond donors (Lipinski definition) is 3. The van der Waals surface area contributed by atoms with Crippen LogP contribution in [-0.4, -0.2) is 47.0 Å². The average Bonchev–Trinajstić information content (AvgIpc) is 2.79. The van der Waals surface area contributed by atoms with E-state index in [-0.39, 0.29) is 30.0 Å². The number of nitrogens with one attached hydrogen (secondary N) is 2. The highest BCUT2D eigenvalue weighted by molar-refractivity contribution is 5.99. The summed E-state index contributed by atoms with van der Waals surface area (Å²) in [6.07, 6.45) is 0.754. The van der Waals surface area contributed by atoms with Gasteiger partial charge in [-0.15, -0.1) is 0 Å². The molecule has 2 amide bonds. The van der Waals surface area contributed by atoms with Crippen molar-refractivity contribution in [1.82, 2.24) is 20.4 Å². The van der Waals surface area contributed by atoms with Crippen LogP contribution in [-0.2, 0) is 4.79 Å². The number of likely N-dealkylation sites (N-methyl/N-ethyl adjacent to an activating group) is 1. The number of rotatable bonds is 6. The molecule has 1 heterocycles. The van der Waals surface area contributed by atoms with Crippen LogP contribution in [0.4, 0.5) is 5.69 Å². The Morgan fingerprint density at radius 1 is 1.45 bits per heavy atom. The first-order valence-corrected chi connectivity index (χ1v) is 6.75. The number of carbonyl (C=O) groups excluding carboxylic acids is 2. The topological polar surface area (TPSA) is 104 Å². The molecule has 0 saturated heterocycles. The van der Waals surface area contributed by atoms with E-state index in [0.29, 0.717) is 12.2 Å². The van der Waals surface area contributed by atoms with Crippen molar-refractivity contribution in [2.24, 2.45) is 0 Å². The van der Waals surface area contributed by atoms with Gasteiger partial charge in [0.15, 0.2) is 5.69 Å². The van der Waals surface area contributed by atoms with E-state index in [1.165, 1.54) is 11.9 Å². The summed E-state index contributed by atoms with van der Waals surface area (Å²) in [5.41, 5.74) is 7.25. The molecule has 20 heavy (non-hydrogen) atoms. The van der Waals surface area contributed by atoms with Gasteiger partial charge in [-0.1, -0.05) is 20.8 Å². The van der Waals surface area contributed by atoms with Gasteiger partial charge in [0.25, 0.3) is 5.91 Å². The zero-order valence-electron chi connectivity index (χ0n) is 12.5. The molecule has 0 aliphatic heterocycles. The fourth-order valence-corrected chi connectivity index (χ4v) is 1.89. The van der Waals surface area contributed by atoms with Crippen LogP contribution in [0.2, 0.25) is 0 Å². The first-order chi connectivity index (χ1) is 9.42. The Labute approximate surface area is 118 Å². The number of aromatic amines is 1. The molecule has 0 aromatic carbocycles. The normalized spacial score (nSPS) is 10.7. The van der Waals surface area contributed by atoms with Crippen molar-refractivity contribution in [2.45, 2.75) is 33.1 Å². The van der Waals surface area contributed by atoms with Crippen LogP contribution in [0.25, 0.3) is 0 Å². The summed E-state index contributed by atoms with van der Waals surface area (Å²) in [5.74, 6) is -0.385. The van der Waals surface area contributed by atoms with Gasteiger partial charge in [-0.3, -0.25) is 14.7 Å². The maximum absolute atomic E-state index is 12.4. The molecule has 0 spiro atoms. The van der Waals surface area contributed by atoms with Crippen LogP contribution in [0.3, 0.4) is 0 Å². The van der Waals surface area contributed by atoms with E-state index in [2.05, 4.69) is 15.5 Å². The van der Waals surface area contributed by atoms with Gasteiger partial charge in [0.2, 0.25) is 5.91 Å². The quantitative estimate of drug-likeness (QED) is 0.714. The van der Waals surface area contributed by atoms with Gasteiger partial charge in [-0.05, 0) is 12.3 Å². The Kier molecular flexibility index (Phi) is 5.54. The largest absolute Gasteiger partial charge is 0.395 e. The zero-order valence-corrected chi connectivity index (χ0v) is 12.5. The van der Waals surface area contributed by atoms with Crippen molar-refractivity contribution in [3.05, 3.63) is 11.4 Å². The molecule has 0 aliphatic carbocycles. The van der Waals surface area contributed by atoms with Crippen molar-refractivity contribution < 1.29 is 9.59 Å². The van der Waals surface area contributed by atoms with E-state index in [1.807, 2.05) is 20.8 Å². The van der Waals surface area contributed by atoms with E-state index >= 15 is 0 Å². The summed E-state index contributed by atoms with van der Waals surface area (Å²) in [6.45, 7) is 6.36. The van der Waals surface area contributed by atoms with Gasteiger partial charge >= 0.3 is 0 Å². The Morgan fingerprint density at radius 3 is 2.55 bits per heavy atom. The maximum Gasteiger partial charge on any atom is 0.276 e. The highest BCUT2D eigenvalue weighted by Crippen LogP contribution is 2.23. The molecule has 7 nitrogen and oxygen atoms in total. The summed E-state index contributed by atoms with van der Waals surface area (Å²) < 4.78 is 0. The second-order valence-electron chi connectivity index (χ2n) is 4.95. The minimum absolute atomic E-state index is 0.00643. The molecular formula is C13H23N5O2. The molecule has 0 atom stereocenters. The van der Waals surface area contributed by atoms with Crippen molar-refractivity contribution in [2.75, 3.05) is 25.9 Å². The lowest BCUT2D eigenvalue weighted by molar-refractivity contribution is -0.121. The molecule has 0 aliphatic rings. The Bertz CT molecular complexity index is 481. The maximum atomic E-state index is 12.4. The van der Waals surface area contributed by atoms with Gasteiger partial charge in [0, 0.05) is 13.6 Å².